The van der Waals surface area contributed by atoms with E-state index in [4.69, 9.17) is 0 Å². The molecule has 1 aliphatic carbocycles. The van der Waals surface area contributed by atoms with Crippen molar-refractivity contribution in [3.63, 3.8) is 0 Å². The van der Waals surface area contributed by atoms with E-state index in [0.717, 1.165) is 37.8 Å². The molecule has 0 unspecified atom stereocenters. The zero-order valence-corrected chi connectivity index (χ0v) is 13.9. The van der Waals surface area contributed by atoms with Crippen LogP contribution in [0.1, 0.15) is 33.6 Å². The monoisotopic (exact) mass is 293 g/mol. The number of hydrogen-bond donors (Lipinski definition) is 0. The third-order valence-corrected chi connectivity index (χ3v) is 6.00. The highest BCUT2D eigenvalue weighted by Gasteiger charge is 2.43. The van der Waals surface area contributed by atoms with Gasteiger partial charge in [0, 0.05) is 51.2 Å². The van der Waals surface area contributed by atoms with Crippen molar-refractivity contribution in [3.05, 3.63) is 0 Å². The van der Waals surface area contributed by atoms with Gasteiger partial charge in [-0.2, -0.15) is 0 Å². The van der Waals surface area contributed by atoms with Gasteiger partial charge in [-0.1, -0.05) is 20.8 Å². The van der Waals surface area contributed by atoms with Crippen LogP contribution in [0, 0.1) is 17.8 Å². The van der Waals surface area contributed by atoms with Crippen molar-refractivity contribution in [2.45, 2.75) is 39.7 Å². The van der Waals surface area contributed by atoms with Crippen LogP contribution in [0.15, 0.2) is 0 Å². The SMILES string of the molecule is CCN1CCN(C2CC(C(=O)N3CC(C(C)C)C3)C2)CC1. The second kappa shape index (κ2) is 6.25. The first-order valence-electron chi connectivity index (χ1n) is 8.83. The van der Waals surface area contributed by atoms with Gasteiger partial charge in [0.15, 0.2) is 0 Å². The Morgan fingerprint density at radius 1 is 1.10 bits per heavy atom. The average molecular weight is 293 g/mol. The molecule has 0 N–H and O–H groups in total. The molecule has 120 valence electrons. The Balaban J connectivity index is 1.37. The Hall–Kier alpha value is -0.610. The standard InChI is InChI=1S/C17H31N3O/c1-4-18-5-7-19(8-6-18)16-9-14(10-16)17(21)20-11-15(12-20)13(2)3/h13-16H,4-12H2,1-3H3. The number of piperazine rings is 1. The zero-order valence-electron chi connectivity index (χ0n) is 13.9. The largest absolute Gasteiger partial charge is 0.342 e. The van der Waals surface area contributed by atoms with Gasteiger partial charge < -0.3 is 9.80 Å². The third-order valence-electron chi connectivity index (χ3n) is 6.00. The van der Waals surface area contributed by atoms with Crippen molar-refractivity contribution >= 4 is 5.91 Å². The molecule has 3 rings (SSSR count). The quantitative estimate of drug-likeness (QED) is 0.786. The summed E-state index contributed by atoms with van der Waals surface area (Å²) in [6.45, 7) is 14.7. The number of carbonyl (C=O) groups excluding carboxylic acids is 1. The average Bonchev–Trinajstić information content (AvgIpc) is 2.35. The number of hydrogen-bond acceptors (Lipinski definition) is 3. The maximum absolute atomic E-state index is 12.4. The first-order valence-corrected chi connectivity index (χ1v) is 8.83. The maximum Gasteiger partial charge on any atom is 0.225 e. The molecule has 2 aliphatic heterocycles. The summed E-state index contributed by atoms with van der Waals surface area (Å²) in [7, 11) is 0. The van der Waals surface area contributed by atoms with Crippen molar-refractivity contribution in [2.24, 2.45) is 17.8 Å². The molecule has 0 spiro atoms. The van der Waals surface area contributed by atoms with Gasteiger partial charge >= 0.3 is 0 Å². The predicted molar refractivity (Wildman–Crippen MR) is 85.1 cm³/mol. The van der Waals surface area contributed by atoms with E-state index in [1.165, 1.54) is 32.7 Å². The van der Waals surface area contributed by atoms with E-state index >= 15 is 0 Å². The maximum atomic E-state index is 12.4. The summed E-state index contributed by atoms with van der Waals surface area (Å²) >= 11 is 0. The molecule has 2 saturated heterocycles. The summed E-state index contributed by atoms with van der Waals surface area (Å²) in [5, 5.41) is 0. The number of nitrogens with zero attached hydrogens (tertiary/aromatic N) is 3. The minimum Gasteiger partial charge on any atom is -0.342 e. The Morgan fingerprint density at radius 2 is 1.71 bits per heavy atom. The Bertz CT molecular complexity index is 364. The molecule has 0 aromatic rings. The lowest BCUT2D eigenvalue weighted by molar-refractivity contribution is -0.148. The van der Waals surface area contributed by atoms with Gasteiger partial charge in [0.25, 0.3) is 0 Å². The van der Waals surface area contributed by atoms with Crippen LogP contribution >= 0.6 is 0 Å². The molecule has 0 atom stereocenters. The minimum atomic E-state index is 0.326. The zero-order chi connectivity index (χ0) is 15.0. The summed E-state index contributed by atoms with van der Waals surface area (Å²) in [4.78, 5) is 19.6. The van der Waals surface area contributed by atoms with Gasteiger partial charge in [0.2, 0.25) is 5.91 Å². The van der Waals surface area contributed by atoms with Crippen molar-refractivity contribution in [1.29, 1.82) is 0 Å². The lowest BCUT2D eigenvalue weighted by Crippen LogP contribution is -2.59. The lowest BCUT2D eigenvalue weighted by Gasteiger charge is -2.49. The highest BCUT2D eigenvalue weighted by molar-refractivity contribution is 5.80. The number of rotatable bonds is 4. The number of amides is 1. The second-order valence-corrected chi connectivity index (χ2v) is 7.54. The van der Waals surface area contributed by atoms with E-state index in [0.29, 0.717) is 17.9 Å². The first kappa shape index (κ1) is 15.3. The summed E-state index contributed by atoms with van der Waals surface area (Å²) in [6, 6.07) is 0.681. The van der Waals surface area contributed by atoms with Gasteiger partial charge in [0.1, 0.15) is 0 Å². The molecule has 0 bridgehead atoms. The summed E-state index contributed by atoms with van der Waals surface area (Å²) < 4.78 is 0. The molecular weight excluding hydrogens is 262 g/mol. The van der Waals surface area contributed by atoms with Gasteiger partial charge in [-0.25, -0.2) is 0 Å². The van der Waals surface area contributed by atoms with Gasteiger partial charge in [-0.05, 0) is 31.2 Å². The highest BCUT2D eigenvalue weighted by atomic mass is 16.2. The van der Waals surface area contributed by atoms with Crippen LogP contribution in [0.4, 0.5) is 0 Å². The van der Waals surface area contributed by atoms with Crippen LogP contribution in [0.2, 0.25) is 0 Å². The molecule has 21 heavy (non-hydrogen) atoms. The van der Waals surface area contributed by atoms with Crippen LogP contribution in [-0.4, -0.2) is 72.5 Å². The second-order valence-electron chi connectivity index (χ2n) is 7.54. The smallest absolute Gasteiger partial charge is 0.225 e. The fraction of sp³-hybridized carbons (Fsp3) is 0.941. The molecular formula is C17H31N3O. The molecule has 3 aliphatic rings. The third kappa shape index (κ3) is 3.11. The predicted octanol–water partition coefficient (Wildman–Crippen LogP) is 1.52. The van der Waals surface area contributed by atoms with E-state index in [9.17, 15) is 4.79 Å². The topological polar surface area (TPSA) is 26.8 Å². The van der Waals surface area contributed by atoms with E-state index in [-0.39, 0.29) is 0 Å². The van der Waals surface area contributed by atoms with Gasteiger partial charge in [-0.3, -0.25) is 9.69 Å². The molecule has 2 heterocycles. The summed E-state index contributed by atoms with van der Waals surface area (Å²) in [5.41, 5.74) is 0. The molecule has 0 aromatic carbocycles. The minimum absolute atomic E-state index is 0.326. The molecule has 1 amide bonds. The van der Waals surface area contributed by atoms with Crippen LogP contribution in [0.25, 0.3) is 0 Å². The Labute approximate surface area is 129 Å². The van der Waals surface area contributed by atoms with Gasteiger partial charge in [0.05, 0.1) is 0 Å². The van der Waals surface area contributed by atoms with Crippen LogP contribution in [0.3, 0.4) is 0 Å². The Morgan fingerprint density at radius 3 is 2.24 bits per heavy atom. The normalized spacial score (nSPS) is 32.1. The highest BCUT2D eigenvalue weighted by Crippen LogP contribution is 2.36. The first-order chi connectivity index (χ1) is 10.1. The molecule has 4 heteroatoms. The number of likely N-dealkylation sites (N-methyl/N-ethyl adjacent to an activating group) is 1. The van der Waals surface area contributed by atoms with Crippen LogP contribution in [-0.2, 0) is 4.79 Å². The van der Waals surface area contributed by atoms with E-state index in [1.807, 2.05) is 0 Å². The lowest BCUT2D eigenvalue weighted by atomic mass is 9.76. The number of likely N-dealkylation sites (tertiary alicyclic amines) is 1. The summed E-state index contributed by atoms with van der Waals surface area (Å²) in [6.07, 6.45) is 2.21. The molecule has 0 radical (unpaired) electrons. The van der Waals surface area contributed by atoms with Crippen LogP contribution in [0.5, 0.6) is 0 Å². The number of carbonyl (C=O) groups is 1. The van der Waals surface area contributed by atoms with E-state index in [1.54, 1.807) is 0 Å². The van der Waals surface area contributed by atoms with Gasteiger partial charge in [-0.15, -0.1) is 0 Å². The van der Waals surface area contributed by atoms with Crippen molar-refractivity contribution < 1.29 is 4.79 Å². The van der Waals surface area contributed by atoms with Crippen molar-refractivity contribution in [2.75, 3.05) is 45.8 Å². The van der Waals surface area contributed by atoms with Crippen molar-refractivity contribution in [1.82, 2.24) is 14.7 Å². The molecule has 0 aromatic heterocycles. The van der Waals surface area contributed by atoms with E-state index in [2.05, 4.69) is 35.5 Å². The van der Waals surface area contributed by atoms with E-state index < -0.39 is 0 Å². The molecule has 4 nitrogen and oxygen atoms in total. The Kier molecular flexibility index (Phi) is 4.55. The molecule has 3 fully saturated rings. The van der Waals surface area contributed by atoms with Crippen LogP contribution < -0.4 is 0 Å². The van der Waals surface area contributed by atoms with Crippen molar-refractivity contribution in [3.8, 4) is 0 Å². The fourth-order valence-electron chi connectivity index (χ4n) is 3.90. The molecule has 1 saturated carbocycles. The summed E-state index contributed by atoms with van der Waals surface area (Å²) in [5.74, 6) is 2.23. The fourth-order valence-corrected chi connectivity index (χ4v) is 3.90.